The lowest BCUT2D eigenvalue weighted by Gasteiger charge is -2.31. The molecule has 2 atom stereocenters. The van der Waals surface area contributed by atoms with Gasteiger partial charge in [0, 0.05) is 9.90 Å². The Morgan fingerprint density at radius 3 is 2.95 bits per heavy atom. The van der Waals surface area contributed by atoms with Gasteiger partial charge in [-0.15, -0.1) is 11.3 Å². The third kappa shape index (κ3) is 2.22. The number of halogens is 1. The van der Waals surface area contributed by atoms with E-state index in [0.29, 0.717) is 0 Å². The number of nitrogens with one attached hydrogen (secondary N) is 1. The zero-order valence-corrected chi connectivity index (χ0v) is 12.7. The fourth-order valence-corrected chi connectivity index (χ4v) is 3.89. The fraction of sp³-hybridized carbons (Fsp3) is 0.200. The van der Waals surface area contributed by atoms with E-state index in [0.717, 1.165) is 23.0 Å². The van der Waals surface area contributed by atoms with Gasteiger partial charge in [0.15, 0.2) is 0 Å². The highest BCUT2D eigenvalue weighted by Gasteiger charge is 2.31. The summed E-state index contributed by atoms with van der Waals surface area (Å²) in [5.41, 5.74) is 1.11. The summed E-state index contributed by atoms with van der Waals surface area (Å²) in [4.78, 5) is 5.62. The van der Waals surface area contributed by atoms with Gasteiger partial charge in [0.25, 0.3) is 0 Å². The Bertz CT molecular complexity index is 753. The van der Waals surface area contributed by atoms with E-state index in [1.54, 1.807) is 17.7 Å². The standard InChI is InChI=1S/C15H13ClN4S/c16-11-5-2-1-4-10(11)12-8-13(14-6-3-7-21-14)20-15(19-12)17-9-18-20/h1-7,9,12-13H,8H2,(H,17,18,19). The molecule has 21 heavy (non-hydrogen) atoms. The molecule has 4 rings (SSSR count). The number of rotatable bonds is 2. The van der Waals surface area contributed by atoms with Gasteiger partial charge in [-0.1, -0.05) is 35.9 Å². The summed E-state index contributed by atoms with van der Waals surface area (Å²) in [6.45, 7) is 0. The summed E-state index contributed by atoms with van der Waals surface area (Å²) in [7, 11) is 0. The first-order valence-electron chi connectivity index (χ1n) is 6.77. The van der Waals surface area contributed by atoms with Crippen LogP contribution in [0.3, 0.4) is 0 Å². The van der Waals surface area contributed by atoms with Gasteiger partial charge in [0.2, 0.25) is 5.95 Å². The topological polar surface area (TPSA) is 42.7 Å². The summed E-state index contributed by atoms with van der Waals surface area (Å²) in [6.07, 6.45) is 2.50. The molecule has 0 spiro atoms. The maximum absolute atomic E-state index is 6.35. The van der Waals surface area contributed by atoms with E-state index in [1.165, 1.54) is 4.88 Å². The molecular formula is C15H13ClN4S. The fourth-order valence-electron chi connectivity index (χ4n) is 2.80. The quantitative estimate of drug-likeness (QED) is 0.772. The number of nitrogens with zero attached hydrogens (tertiary/aromatic N) is 3. The molecule has 2 aromatic heterocycles. The third-order valence-corrected chi connectivity index (χ3v) is 5.10. The molecule has 0 amide bonds. The number of anilines is 1. The van der Waals surface area contributed by atoms with Crippen molar-refractivity contribution in [3.63, 3.8) is 0 Å². The highest BCUT2D eigenvalue weighted by molar-refractivity contribution is 7.10. The van der Waals surface area contributed by atoms with E-state index in [4.69, 9.17) is 11.6 Å². The lowest BCUT2D eigenvalue weighted by molar-refractivity contribution is 0.436. The van der Waals surface area contributed by atoms with Crippen LogP contribution in [0.15, 0.2) is 48.1 Å². The van der Waals surface area contributed by atoms with Crippen molar-refractivity contribution in [3.05, 3.63) is 63.6 Å². The zero-order valence-electron chi connectivity index (χ0n) is 11.1. The van der Waals surface area contributed by atoms with Crippen LogP contribution in [0.2, 0.25) is 5.02 Å². The van der Waals surface area contributed by atoms with Crippen LogP contribution in [0.5, 0.6) is 0 Å². The van der Waals surface area contributed by atoms with Crippen molar-refractivity contribution in [1.29, 1.82) is 0 Å². The predicted octanol–water partition coefficient (Wildman–Crippen LogP) is 4.14. The molecule has 0 saturated carbocycles. The number of aromatic nitrogens is 3. The number of fused-ring (bicyclic) bond motifs is 1. The average molecular weight is 317 g/mol. The maximum Gasteiger partial charge on any atom is 0.222 e. The van der Waals surface area contributed by atoms with Crippen LogP contribution in [-0.4, -0.2) is 14.8 Å². The van der Waals surface area contributed by atoms with Crippen LogP contribution in [0, 0.1) is 0 Å². The molecule has 106 valence electrons. The highest BCUT2D eigenvalue weighted by Crippen LogP contribution is 2.40. The molecule has 1 aliphatic heterocycles. The molecule has 0 radical (unpaired) electrons. The van der Waals surface area contributed by atoms with Gasteiger partial charge < -0.3 is 5.32 Å². The minimum atomic E-state index is 0.141. The van der Waals surface area contributed by atoms with E-state index in [9.17, 15) is 0 Å². The number of benzene rings is 1. The van der Waals surface area contributed by atoms with Gasteiger partial charge >= 0.3 is 0 Å². The largest absolute Gasteiger partial charge is 0.347 e. The summed E-state index contributed by atoms with van der Waals surface area (Å²) in [5, 5.41) is 10.7. The first-order chi connectivity index (χ1) is 10.3. The van der Waals surface area contributed by atoms with Crippen molar-refractivity contribution < 1.29 is 0 Å². The second-order valence-electron chi connectivity index (χ2n) is 5.01. The van der Waals surface area contributed by atoms with E-state index >= 15 is 0 Å². The number of hydrogen-bond donors (Lipinski definition) is 1. The van der Waals surface area contributed by atoms with E-state index in [1.807, 2.05) is 22.9 Å². The highest BCUT2D eigenvalue weighted by atomic mass is 35.5. The molecule has 0 aliphatic carbocycles. The van der Waals surface area contributed by atoms with Crippen molar-refractivity contribution in [2.75, 3.05) is 5.32 Å². The van der Waals surface area contributed by atoms with Crippen molar-refractivity contribution in [2.24, 2.45) is 0 Å². The molecule has 1 N–H and O–H groups in total. The maximum atomic E-state index is 6.35. The Hall–Kier alpha value is -1.85. The van der Waals surface area contributed by atoms with Gasteiger partial charge in [-0.2, -0.15) is 10.1 Å². The first kappa shape index (κ1) is 12.9. The second kappa shape index (κ2) is 5.16. The van der Waals surface area contributed by atoms with Crippen LogP contribution < -0.4 is 5.32 Å². The monoisotopic (exact) mass is 316 g/mol. The summed E-state index contributed by atoms with van der Waals surface area (Å²) < 4.78 is 1.96. The lowest BCUT2D eigenvalue weighted by atomic mass is 9.97. The van der Waals surface area contributed by atoms with Crippen LogP contribution >= 0.6 is 22.9 Å². The molecule has 0 saturated heterocycles. The molecule has 0 fully saturated rings. The molecule has 3 aromatic rings. The third-order valence-electron chi connectivity index (χ3n) is 3.78. The van der Waals surface area contributed by atoms with Gasteiger partial charge in [-0.05, 0) is 29.5 Å². The second-order valence-corrected chi connectivity index (χ2v) is 6.40. The molecule has 1 aliphatic rings. The molecule has 4 nitrogen and oxygen atoms in total. The lowest BCUT2D eigenvalue weighted by Crippen LogP contribution is -2.27. The smallest absolute Gasteiger partial charge is 0.222 e. The molecule has 0 bridgehead atoms. The van der Waals surface area contributed by atoms with Crippen molar-refractivity contribution in [2.45, 2.75) is 18.5 Å². The summed E-state index contributed by atoms with van der Waals surface area (Å²) >= 11 is 8.10. The van der Waals surface area contributed by atoms with Crippen molar-refractivity contribution >= 4 is 28.9 Å². The normalized spacial score (nSPS) is 20.8. The number of thiophene rings is 1. The molecule has 3 heterocycles. The average Bonchev–Trinajstić information content (AvgIpc) is 3.18. The molecule has 2 unspecified atom stereocenters. The van der Waals surface area contributed by atoms with E-state index in [-0.39, 0.29) is 12.1 Å². The van der Waals surface area contributed by atoms with Crippen LogP contribution in [0.4, 0.5) is 5.95 Å². The Morgan fingerprint density at radius 1 is 1.24 bits per heavy atom. The van der Waals surface area contributed by atoms with Crippen LogP contribution in [-0.2, 0) is 0 Å². The summed E-state index contributed by atoms with van der Waals surface area (Å²) in [5.74, 6) is 0.796. The van der Waals surface area contributed by atoms with Crippen molar-refractivity contribution in [1.82, 2.24) is 14.8 Å². The van der Waals surface area contributed by atoms with Gasteiger partial charge in [0.1, 0.15) is 6.33 Å². The predicted molar refractivity (Wildman–Crippen MR) is 84.9 cm³/mol. The minimum Gasteiger partial charge on any atom is -0.347 e. The van der Waals surface area contributed by atoms with Crippen LogP contribution in [0.1, 0.15) is 28.9 Å². The number of hydrogen-bond acceptors (Lipinski definition) is 4. The Kier molecular flexibility index (Phi) is 3.16. The first-order valence-corrected chi connectivity index (χ1v) is 8.02. The van der Waals surface area contributed by atoms with Crippen LogP contribution in [0.25, 0.3) is 0 Å². The van der Waals surface area contributed by atoms with E-state index in [2.05, 4.69) is 39.0 Å². The van der Waals surface area contributed by atoms with E-state index < -0.39 is 0 Å². The molecule has 6 heteroatoms. The minimum absolute atomic E-state index is 0.141. The molecular weight excluding hydrogens is 304 g/mol. The Morgan fingerprint density at radius 2 is 2.14 bits per heavy atom. The summed E-state index contributed by atoms with van der Waals surface area (Å²) in [6, 6.07) is 12.5. The SMILES string of the molecule is Clc1ccccc1C1CC(c2cccs2)n2ncnc2N1. The van der Waals surface area contributed by atoms with Gasteiger partial charge in [0.05, 0.1) is 12.1 Å². The Balaban J connectivity index is 1.76. The molecule has 1 aromatic carbocycles. The van der Waals surface area contributed by atoms with Gasteiger partial charge in [-0.3, -0.25) is 0 Å². The Labute approximate surface area is 131 Å². The van der Waals surface area contributed by atoms with Crippen molar-refractivity contribution in [3.8, 4) is 0 Å². The van der Waals surface area contributed by atoms with Gasteiger partial charge in [-0.25, -0.2) is 4.68 Å². The zero-order chi connectivity index (χ0) is 14.2.